The van der Waals surface area contributed by atoms with Crippen molar-refractivity contribution in [3.05, 3.63) is 0 Å². The van der Waals surface area contributed by atoms with Gasteiger partial charge in [0.2, 0.25) is 0 Å². The summed E-state index contributed by atoms with van der Waals surface area (Å²) >= 11 is 4.44. The van der Waals surface area contributed by atoms with E-state index in [-0.39, 0.29) is 21.1 Å². The number of methoxy groups -OCH3 is 1. The third kappa shape index (κ3) is 7.46. The molecule has 0 fully saturated rings. The number of aliphatic hydroxyl groups excluding tert-OH is 2. The van der Waals surface area contributed by atoms with Crippen LogP contribution in [0.25, 0.3) is 0 Å². The average Bonchev–Trinajstić information content (AvgIpc) is 2.49. The van der Waals surface area contributed by atoms with E-state index in [1.54, 1.807) is 6.92 Å². The molecule has 4 nitrogen and oxygen atoms in total. The van der Waals surface area contributed by atoms with Crippen molar-refractivity contribution in [1.82, 2.24) is 0 Å². The van der Waals surface area contributed by atoms with Gasteiger partial charge in [0.1, 0.15) is 24.5 Å². The van der Waals surface area contributed by atoms with Crippen LogP contribution >= 0.6 is 12.6 Å². The Morgan fingerprint density at radius 3 is 2.33 bits per heavy atom. The molecule has 2 N–H and O–H groups in total. The van der Waals surface area contributed by atoms with Gasteiger partial charge in [0.25, 0.3) is 0 Å². The molecule has 0 spiro atoms. The fraction of sp³-hybridized carbons (Fsp3) is 0.867. The molecule has 0 heterocycles. The average molecular weight is 331 g/mol. The maximum Gasteiger partial charge on any atom is 0.139 e. The Morgan fingerprint density at radius 1 is 1.29 bits per heavy atom. The predicted molar refractivity (Wildman–Crippen MR) is 90.5 cm³/mol. The van der Waals surface area contributed by atoms with E-state index in [1.165, 1.54) is 32.8 Å². The minimum atomic E-state index is -1.12. The highest BCUT2D eigenvalue weighted by molar-refractivity contribution is 7.83. The van der Waals surface area contributed by atoms with Gasteiger partial charge in [0, 0.05) is 7.11 Å². The zero-order chi connectivity index (χ0) is 16.4. The molecule has 0 aliphatic rings. The second kappa shape index (κ2) is 10.4. The maximum atomic E-state index is 10.2. The summed E-state index contributed by atoms with van der Waals surface area (Å²) in [4.78, 5) is 0. The number of thiol groups is 1. The molecule has 1 radical (unpaired) electrons. The van der Waals surface area contributed by atoms with Gasteiger partial charge >= 0.3 is 0 Å². The van der Waals surface area contributed by atoms with Crippen molar-refractivity contribution in [2.75, 3.05) is 13.7 Å². The third-order valence-corrected chi connectivity index (χ3v) is 5.86. The largest absolute Gasteiger partial charge is 0.515 e. The minimum Gasteiger partial charge on any atom is -0.515 e. The SMILES string of the molecule is CCCCCCCCC(S)(C#N)[Si]=C(O)C(C)(CO)OC. The predicted octanol–water partition coefficient (Wildman–Crippen LogP) is 2.49. The first kappa shape index (κ1) is 20.6. The zero-order valence-electron chi connectivity index (χ0n) is 13.4. The minimum absolute atomic E-state index is 0.00460. The molecule has 0 aliphatic heterocycles. The van der Waals surface area contributed by atoms with Crippen molar-refractivity contribution in [3.8, 4) is 6.07 Å². The molecule has 0 aromatic heterocycles. The number of rotatable bonds is 11. The summed E-state index contributed by atoms with van der Waals surface area (Å²) < 4.78 is 4.25. The van der Waals surface area contributed by atoms with Crippen LogP contribution in [0.4, 0.5) is 0 Å². The summed E-state index contributed by atoms with van der Waals surface area (Å²) in [5.74, 6) is 0. The molecule has 0 aromatic carbocycles. The fourth-order valence-corrected chi connectivity index (χ4v) is 3.54. The highest BCUT2D eigenvalue weighted by atomic mass is 32.1. The molecular formula is C15H28NO3SSi. The van der Waals surface area contributed by atoms with Gasteiger partial charge in [0.05, 0.1) is 12.7 Å². The summed E-state index contributed by atoms with van der Waals surface area (Å²) in [6, 6.07) is 2.19. The molecule has 21 heavy (non-hydrogen) atoms. The molecular weight excluding hydrogens is 302 g/mol. The smallest absolute Gasteiger partial charge is 0.139 e. The van der Waals surface area contributed by atoms with Crippen LogP contribution in [0.1, 0.15) is 58.8 Å². The van der Waals surface area contributed by atoms with E-state index in [0.717, 1.165) is 12.8 Å². The number of hydrogen-bond donors (Lipinski definition) is 3. The molecule has 0 saturated heterocycles. The molecule has 2 unspecified atom stereocenters. The second-order valence-corrected chi connectivity index (χ2v) is 8.32. The van der Waals surface area contributed by atoms with Crippen LogP contribution in [0, 0.1) is 11.3 Å². The van der Waals surface area contributed by atoms with Crippen molar-refractivity contribution < 1.29 is 14.9 Å². The Bertz CT molecular complexity index is 366. The van der Waals surface area contributed by atoms with E-state index in [9.17, 15) is 15.5 Å². The maximum absolute atomic E-state index is 10.2. The van der Waals surface area contributed by atoms with Gasteiger partial charge in [-0.25, -0.2) is 0 Å². The van der Waals surface area contributed by atoms with Gasteiger partial charge in [-0.05, 0) is 13.3 Å². The zero-order valence-corrected chi connectivity index (χ0v) is 15.2. The summed E-state index contributed by atoms with van der Waals surface area (Å²) in [6.07, 6.45) is 7.51. The van der Waals surface area contributed by atoms with Crippen LogP contribution in [0.15, 0.2) is 0 Å². The van der Waals surface area contributed by atoms with Gasteiger partial charge in [-0.2, -0.15) is 17.9 Å². The van der Waals surface area contributed by atoms with E-state index in [1.807, 2.05) is 0 Å². The lowest BCUT2D eigenvalue weighted by molar-refractivity contribution is 0.00636. The first-order chi connectivity index (χ1) is 9.87. The summed E-state index contributed by atoms with van der Waals surface area (Å²) in [6.45, 7) is 3.46. The van der Waals surface area contributed by atoms with Crippen molar-refractivity contribution >= 4 is 27.1 Å². The monoisotopic (exact) mass is 330 g/mol. The lowest BCUT2D eigenvalue weighted by Crippen LogP contribution is -2.45. The quantitative estimate of drug-likeness (QED) is 0.309. The summed E-state index contributed by atoms with van der Waals surface area (Å²) in [5.41, 5.74) is -1.12. The Labute approximate surface area is 136 Å². The van der Waals surface area contributed by atoms with Crippen LogP contribution < -0.4 is 0 Å². The molecule has 0 aromatic rings. The molecule has 0 bridgehead atoms. The van der Waals surface area contributed by atoms with E-state index < -0.39 is 9.97 Å². The molecule has 2 atom stereocenters. The fourth-order valence-electron chi connectivity index (χ4n) is 1.87. The Hall–Kier alpha value is -0.353. The van der Waals surface area contributed by atoms with Crippen molar-refractivity contribution in [2.24, 2.45) is 0 Å². The Kier molecular flexibility index (Phi) is 10.2. The van der Waals surface area contributed by atoms with Crippen LogP contribution in [0.3, 0.4) is 0 Å². The normalized spacial score (nSPS) is 17.8. The number of nitriles is 1. The lowest BCUT2D eigenvalue weighted by Gasteiger charge is -2.27. The second-order valence-electron chi connectivity index (χ2n) is 5.56. The Balaban J connectivity index is 4.56. The summed E-state index contributed by atoms with van der Waals surface area (Å²) in [7, 11) is 1.25. The van der Waals surface area contributed by atoms with Gasteiger partial charge in [-0.3, -0.25) is 0 Å². The van der Waals surface area contributed by atoms with E-state index >= 15 is 0 Å². The number of hydrogen-bond acceptors (Lipinski definition) is 5. The van der Waals surface area contributed by atoms with Crippen LogP contribution in [0.5, 0.6) is 0 Å². The van der Waals surface area contributed by atoms with Crippen LogP contribution in [0.2, 0.25) is 0 Å². The first-order valence-electron chi connectivity index (χ1n) is 7.51. The molecule has 0 rings (SSSR count). The van der Waals surface area contributed by atoms with Crippen molar-refractivity contribution in [3.63, 3.8) is 0 Å². The van der Waals surface area contributed by atoms with E-state index in [2.05, 4.69) is 25.6 Å². The topological polar surface area (TPSA) is 73.5 Å². The third-order valence-electron chi connectivity index (χ3n) is 3.66. The Morgan fingerprint density at radius 2 is 1.86 bits per heavy atom. The number of unbranched alkanes of at least 4 members (excludes halogenated alkanes) is 5. The van der Waals surface area contributed by atoms with Gasteiger partial charge in [-0.1, -0.05) is 45.4 Å². The van der Waals surface area contributed by atoms with Gasteiger partial charge in [0.15, 0.2) is 0 Å². The van der Waals surface area contributed by atoms with E-state index in [0.29, 0.717) is 6.42 Å². The summed E-state index contributed by atoms with van der Waals surface area (Å²) in [5, 5.41) is 28.8. The molecule has 0 saturated carbocycles. The lowest BCUT2D eigenvalue weighted by atomic mass is 10.1. The van der Waals surface area contributed by atoms with Crippen LogP contribution in [-0.4, -0.2) is 48.4 Å². The standard InChI is InChI=1S/C15H28NO3SSi/c1-4-5-6-7-8-9-10-15(20,11-16)21-13(18)14(2,12-17)19-3/h17-18,20H,4-10,12H2,1-3H3. The van der Waals surface area contributed by atoms with Gasteiger partial charge in [-0.15, -0.1) is 0 Å². The number of nitrogens with zero attached hydrogens (tertiary/aromatic N) is 1. The highest BCUT2D eigenvalue weighted by Gasteiger charge is 2.32. The molecule has 6 heteroatoms. The molecule has 0 amide bonds. The first-order valence-corrected chi connectivity index (χ1v) is 8.96. The number of ether oxygens (including phenoxy) is 1. The molecule has 121 valence electrons. The van der Waals surface area contributed by atoms with Crippen molar-refractivity contribution in [1.29, 1.82) is 5.26 Å². The number of aliphatic hydroxyl groups is 2. The van der Waals surface area contributed by atoms with Crippen LogP contribution in [-0.2, 0) is 4.74 Å². The van der Waals surface area contributed by atoms with Crippen molar-refractivity contribution in [2.45, 2.75) is 68.8 Å². The highest BCUT2D eigenvalue weighted by Crippen LogP contribution is 2.21. The molecule has 0 aliphatic carbocycles. The van der Waals surface area contributed by atoms with Gasteiger partial charge < -0.3 is 14.9 Å². The van der Waals surface area contributed by atoms with E-state index in [4.69, 9.17) is 4.74 Å².